The molecule has 0 saturated heterocycles. The van der Waals surface area contributed by atoms with Crippen LogP contribution in [0, 0.1) is 11.3 Å². The number of pyridine rings is 1. The molecule has 0 saturated carbocycles. The molecule has 0 aliphatic heterocycles. The molecule has 5 heteroatoms. The Morgan fingerprint density at radius 3 is 2.81 bits per heavy atom. The Bertz CT molecular complexity index is 634. The number of carbonyl (C=O) groups is 1. The zero-order valence-corrected chi connectivity index (χ0v) is 11.5. The van der Waals surface area contributed by atoms with E-state index in [1.54, 1.807) is 24.5 Å². The van der Waals surface area contributed by atoms with E-state index in [9.17, 15) is 4.79 Å². The fraction of sp³-hybridized carbons (Fsp3) is 0.188. The summed E-state index contributed by atoms with van der Waals surface area (Å²) in [5, 5.41) is 14.8. The van der Waals surface area contributed by atoms with Gasteiger partial charge >= 0.3 is 0 Å². The van der Waals surface area contributed by atoms with E-state index >= 15 is 0 Å². The lowest BCUT2D eigenvalue weighted by atomic mass is 10.2. The average Bonchev–Trinajstić information content (AvgIpc) is 2.54. The number of hydrogen-bond acceptors (Lipinski definition) is 4. The summed E-state index contributed by atoms with van der Waals surface area (Å²) in [5.41, 5.74) is 2.46. The van der Waals surface area contributed by atoms with Crippen molar-refractivity contribution in [1.82, 2.24) is 10.3 Å². The summed E-state index contributed by atoms with van der Waals surface area (Å²) in [7, 11) is 0. The summed E-state index contributed by atoms with van der Waals surface area (Å²) >= 11 is 0. The van der Waals surface area contributed by atoms with Crippen molar-refractivity contribution in [2.45, 2.75) is 13.0 Å². The Hall–Kier alpha value is -2.87. The van der Waals surface area contributed by atoms with Crippen LogP contribution in [0.4, 0.5) is 5.69 Å². The van der Waals surface area contributed by atoms with Crippen molar-refractivity contribution in [3.05, 3.63) is 59.9 Å². The maximum absolute atomic E-state index is 11.7. The van der Waals surface area contributed by atoms with Crippen LogP contribution in [0.3, 0.4) is 0 Å². The Labute approximate surface area is 123 Å². The third-order valence-electron chi connectivity index (χ3n) is 2.91. The number of benzene rings is 1. The van der Waals surface area contributed by atoms with Crippen molar-refractivity contribution < 1.29 is 4.79 Å². The minimum Gasteiger partial charge on any atom is -0.384 e. The van der Waals surface area contributed by atoms with Crippen molar-refractivity contribution in [2.75, 3.05) is 11.9 Å². The molecule has 0 unspecified atom stereocenters. The molecule has 2 aromatic rings. The van der Waals surface area contributed by atoms with E-state index in [4.69, 9.17) is 5.26 Å². The fourth-order valence-electron chi connectivity index (χ4n) is 1.81. The van der Waals surface area contributed by atoms with Gasteiger partial charge in [0.15, 0.2) is 0 Å². The highest BCUT2D eigenvalue weighted by molar-refractivity contribution is 5.76. The smallest absolute Gasteiger partial charge is 0.222 e. The normalized spacial score (nSPS) is 9.67. The van der Waals surface area contributed by atoms with Gasteiger partial charge in [0.2, 0.25) is 5.91 Å². The Morgan fingerprint density at radius 1 is 1.24 bits per heavy atom. The van der Waals surface area contributed by atoms with E-state index in [1.165, 1.54) is 0 Å². The second-order valence-corrected chi connectivity index (χ2v) is 4.50. The maximum Gasteiger partial charge on any atom is 0.222 e. The molecule has 21 heavy (non-hydrogen) atoms. The first-order valence-electron chi connectivity index (χ1n) is 6.67. The zero-order valence-electron chi connectivity index (χ0n) is 11.5. The van der Waals surface area contributed by atoms with Crippen LogP contribution in [0.2, 0.25) is 0 Å². The molecule has 0 atom stereocenters. The highest BCUT2D eigenvalue weighted by Crippen LogP contribution is 2.09. The minimum atomic E-state index is -0.0178. The van der Waals surface area contributed by atoms with Gasteiger partial charge in [-0.05, 0) is 35.9 Å². The molecule has 1 heterocycles. The van der Waals surface area contributed by atoms with Gasteiger partial charge in [0.05, 0.1) is 11.6 Å². The molecule has 1 amide bonds. The van der Waals surface area contributed by atoms with Crippen LogP contribution in [-0.4, -0.2) is 17.4 Å². The molecule has 0 aliphatic carbocycles. The van der Waals surface area contributed by atoms with Crippen molar-refractivity contribution in [3.63, 3.8) is 0 Å². The molecule has 2 N–H and O–H groups in total. The first kappa shape index (κ1) is 14.5. The quantitative estimate of drug-likeness (QED) is 0.849. The van der Waals surface area contributed by atoms with E-state index in [0.717, 1.165) is 11.3 Å². The van der Waals surface area contributed by atoms with Crippen LogP contribution >= 0.6 is 0 Å². The minimum absolute atomic E-state index is 0.0178. The van der Waals surface area contributed by atoms with E-state index in [2.05, 4.69) is 21.7 Å². The van der Waals surface area contributed by atoms with Gasteiger partial charge in [-0.1, -0.05) is 6.07 Å². The maximum atomic E-state index is 11.7. The topological polar surface area (TPSA) is 77.8 Å². The van der Waals surface area contributed by atoms with Crippen LogP contribution in [-0.2, 0) is 11.3 Å². The number of anilines is 1. The van der Waals surface area contributed by atoms with E-state index in [1.807, 2.05) is 24.3 Å². The van der Waals surface area contributed by atoms with Gasteiger partial charge in [-0.25, -0.2) is 0 Å². The number of rotatable bonds is 6. The predicted octanol–water partition coefficient (Wildman–Crippen LogP) is 2.07. The van der Waals surface area contributed by atoms with E-state index in [-0.39, 0.29) is 5.91 Å². The highest BCUT2D eigenvalue weighted by atomic mass is 16.1. The van der Waals surface area contributed by atoms with E-state index in [0.29, 0.717) is 25.1 Å². The summed E-state index contributed by atoms with van der Waals surface area (Å²) in [6.45, 7) is 1.03. The highest BCUT2D eigenvalue weighted by Gasteiger charge is 2.01. The second-order valence-electron chi connectivity index (χ2n) is 4.50. The van der Waals surface area contributed by atoms with Crippen molar-refractivity contribution >= 4 is 11.6 Å². The third-order valence-corrected chi connectivity index (χ3v) is 2.91. The van der Waals surface area contributed by atoms with Crippen molar-refractivity contribution in [2.24, 2.45) is 0 Å². The molecule has 106 valence electrons. The first-order valence-corrected chi connectivity index (χ1v) is 6.67. The van der Waals surface area contributed by atoms with E-state index < -0.39 is 0 Å². The summed E-state index contributed by atoms with van der Waals surface area (Å²) in [6, 6.07) is 13.0. The molecule has 0 fully saturated rings. The predicted molar refractivity (Wildman–Crippen MR) is 80.3 cm³/mol. The number of amides is 1. The van der Waals surface area contributed by atoms with Gasteiger partial charge in [0.25, 0.3) is 0 Å². The lowest BCUT2D eigenvalue weighted by Gasteiger charge is -2.07. The Morgan fingerprint density at radius 2 is 2.05 bits per heavy atom. The Kier molecular flexibility index (Phi) is 5.30. The number of hydrogen-bond donors (Lipinski definition) is 2. The molecular formula is C16H16N4O. The largest absolute Gasteiger partial charge is 0.384 e. The molecule has 0 radical (unpaired) electrons. The number of aromatic nitrogens is 1. The van der Waals surface area contributed by atoms with Crippen molar-refractivity contribution in [3.8, 4) is 6.07 Å². The van der Waals surface area contributed by atoms with Gasteiger partial charge in [-0.15, -0.1) is 0 Å². The van der Waals surface area contributed by atoms with Crippen LogP contribution in [0.1, 0.15) is 17.5 Å². The van der Waals surface area contributed by atoms with Crippen LogP contribution < -0.4 is 10.6 Å². The molecule has 0 spiro atoms. The summed E-state index contributed by atoms with van der Waals surface area (Å²) in [6.07, 6.45) is 3.78. The summed E-state index contributed by atoms with van der Waals surface area (Å²) in [5.74, 6) is -0.0178. The standard InChI is InChI=1S/C16H16N4O/c17-11-14-2-1-3-15(10-14)19-9-6-16(21)20-12-13-4-7-18-8-5-13/h1-5,7-8,10,19H,6,9,12H2,(H,20,21). The van der Waals surface area contributed by atoms with Gasteiger partial charge in [0, 0.05) is 37.6 Å². The number of nitrogens with zero attached hydrogens (tertiary/aromatic N) is 2. The fourth-order valence-corrected chi connectivity index (χ4v) is 1.81. The summed E-state index contributed by atoms with van der Waals surface area (Å²) in [4.78, 5) is 15.6. The molecular weight excluding hydrogens is 264 g/mol. The number of nitriles is 1. The summed E-state index contributed by atoms with van der Waals surface area (Å²) < 4.78 is 0. The first-order chi connectivity index (χ1) is 10.3. The number of carbonyl (C=O) groups excluding carboxylic acids is 1. The lowest BCUT2D eigenvalue weighted by molar-refractivity contribution is -0.121. The molecule has 1 aromatic heterocycles. The molecule has 0 aliphatic rings. The monoisotopic (exact) mass is 280 g/mol. The van der Waals surface area contributed by atoms with Crippen LogP contribution in [0.5, 0.6) is 0 Å². The average molecular weight is 280 g/mol. The molecule has 0 bridgehead atoms. The number of nitrogens with one attached hydrogen (secondary N) is 2. The lowest BCUT2D eigenvalue weighted by Crippen LogP contribution is -2.24. The second kappa shape index (κ2) is 7.65. The van der Waals surface area contributed by atoms with Gasteiger partial charge in [-0.2, -0.15) is 5.26 Å². The third kappa shape index (κ3) is 4.96. The molecule has 1 aromatic carbocycles. The molecule has 2 rings (SSSR count). The molecule has 5 nitrogen and oxygen atoms in total. The Balaban J connectivity index is 1.71. The van der Waals surface area contributed by atoms with Gasteiger partial charge < -0.3 is 10.6 Å². The van der Waals surface area contributed by atoms with Crippen LogP contribution in [0.15, 0.2) is 48.8 Å². The zero-order chi connectivity index (χ0) is 14.9. The van der Waals surface area contributed by atoms with Crippen molar-refractivity contribution in [1.29, 1.82) is 5.26 Å². The van der Waals surface area contributed by atoms with Crippen LogP contribution in [0.25, 0.3) is 0 Å². The van der Waals surface area contributed by atoms with Gasteiger partial charge in [-0.3, -0.25) is 9.78 Å². The van der Waals surface area contributed by atoms with Gasteiger partial charge in [0.1, 0.15) is 0 Å². The SMILES string of the molecule is N#Cc1cccc(NCCC(=O)NCc2ccncc2)c1.